The van der Waals surface area contributed by atoms with E-state index in [1.54, 1.807) is 26.8 Å². The van der Waals surface area contributed by atoms with Crippen LogP contribution >= 0.6 is 15.9 Å². The number of rotatable bonds is 3. The summed E-state index contributed by atoms with van der Waals surface area (Å²) in [5, 5.41) is 5.34. The molecule has 210 valence electrons. The van der Waals surface area contributed by atoms with Crippen molar-refractivity contribution in [1.82, 2.24) is 24.2 Å². The number of fused-ring (bicyclic) bond motifs is 2. The molecule has 3 heterocycles. The van der Waals surface area contributed by atoms with Gasteiger partial charge in [-0.1, -0.05) is 46.3 Å². The molecule has 0 aliphatic carbocycles. The summed E-state index contributed by atoms with van der Waals surface area (Å²) in [5.41, 5.74) is 2.33. The number of hydrogen-bond donors (Lipinski definition) is 0. The molecule has 0 fully saturated rings. The van der Waals surface area contributed by atoms with Crippen molar-refractivity contribution in [3.05, 3.63) is 70.0 Å². The standard InChI is InChI=1S/C30H34BrN5O4/c1-29(2,3)39-27(37)35-23-14-15-34(17-19-10-8-7-9-11-19)18-22(23)32-26(35)25-21-13-12-20(31)16-24(21)36(33-25)28(38)40-30(4,5)6/h7-13,16H,14-15,17-18H2,1-6H3. The van der Waals surface area contributed by atoms with Crippen LogP contribution in [0.3, 0.4) is 0 Å². The van der Waals surface area contributed by atoms with Gasteiger partial charge in [-0.25, -0.2) is 19.1 Å². The number of aromatic nitrogens is 4. The number of benzene rings is 2. The molecule has 40 heavy (non-hydrogen) atoms. The molecule has 0 saturated heterocycles. The van der Waals surface area contributed by atoms with E-state index in [1.165, 1.54) is 14.8 Å². The average Bonchev–Trinajstić information content (AvgIpc) is 3.40. The lowest BCUT2D eigenvalue weighted by atomic mass is 10.1. The third kappa shape index (κ3) is 5.97. The summed E-state index contributed by atoms with van der Waals surface area (Å²) in [7, 11) is 0. The van der Waals surface area contributed by atoms with Gasteiger partial charge in [-0.05, 0) is 65.3 Å². The maximum Gasteiger partial charge on any atom is 0.435 e. The summed E-state index contributed by atoms with van der Waals surface area (Å²) >= 11 is 3.50. The van der Waals surface area contributed by atoms with Crippen molar-refractivity contribution in [2.75, 3.05) is 6.54 Å². The number of hydrogen-bond acceptors (Lipinski definition) is 7. The Hall–Kier alpha value is -3.50. The van der Waals surface area contributed by atoms with Crippen molar-refractivity contribution in [2.24, 2.45) is 0 Å². The van der Waals surface area contributed by atoms with Crippen LogP contribution in [0.2, 0.25) is 0 Å². The maximum atomic E-state index is 13.6. The predicted octanol–water partition coefficient (Wildman–Crippen LogP) is 6.79. The van der Waals surface area contributed by atoms with Gasteiger partial charge in [0.1, 0.15) is 16.9 Å². The smallest absolute Gasteiger partial charge is 0.435 e. The number of ether oxygens (including phenoxy) is 2. The lowest BCUT2D eigenvalue weighted by molar-refractivity contribution is 0.0518. The third-order valence-electron chi connectivity index (χ3n) is 6.34. The molecule has 5 rings (SSSR count). The first-order valence-electron chi connectivity index (χ1n) is 13.3. The van der Waals surface area contributed by atoms with Crippen LogP contribution in [0.4, 0.5) is 9.59 Å². The molecular weight excluding hydrogens is 574 g/mol. The lowest BCUT2D eigenvalue weighted by Gasteiger charge is -2.27. The molecule has 10 heteroatoms. The van der Waals surface area contributed by atoms with Gasteiger partial charge in [-0.15, -0.1) is 0 Å². The monoisotopic (exact) mass is 607 g/mol. The molecule has 1 aliphatic rings. The van der Waals surface area contributed by atoms with Gasteiger partial charge in [-0.2, -0.15) is 9.78 Å². The Kier molecular flexibility index (Phi) is 7.35. The zero-order valence-corrected chi connectivity index (χ0v) is 25.3. The van der Waals surface area contributed by atoms with Crippen molar-refractivity contribution in [1.29, 1.82) is 0 Å². The number of carbonyl (C=O) groups is 2. The Morgan fingerprint density at radius 2 is 1.62 bits per heavy atom. The first-order valence-corrected chi connectivity index (χ1v) is 14.1. The van der Waals surface area contributed by atoms with E-state index in [1.807, 2.05) is 51.1 Å². The summed E-state index contributed by atoms with van der Waals surface area (Å²) < 4.78 is 15.0. The summed E-state index contributed by atoms with van der Waals surface area (Å²) in [4.78, 5) is 34.1. The highest BCUT2D eigenvalue weighted by atomic mass is 79.9. The maximum absolute atomic E-state index is 13.6. The minimum Gasteiger partial charge on any atom is -0.443 e. The van der Waals surface area contributed by atoms with E-state index in [-0.39, 0.29) is 0 Å². The first kappa shape index (κ1) is 28.0. The van der Waals surface area contributed by atoms with Crippen LogP contribution in [0.15, 0.2) is 53.0 Å². The Labute approximate surface area is 242 Å². The molecule has 0 bridgehead atoms. The van der Waals surface area contributed by atoms with Gasteiger partial charge in [0, 0.05) is 35.9 Å². The predicted molar refractivity (Wildman–Crippen MR) is 156 cm³/mol. The second kappa shape index (κ2) is 10.5. The van der Waals surface area contributed by atoms with E-state index in [0.717, 1.165) is 29.0 Å². The molecule has 0 unspecified atom stereocenters. The molecule has 4 aromatic rings. The summed E-state index contributed by atoms with van der Waals surface area (Å²) in [6.45, 7) is 13.0. The van der Waals surface area contributed by atoms with Crippen molar-refractivity contribution >= 4 is 39.0 Å². The summed E-state index contributed by atoms with van der Waals surface area (Å²) in [6.07, 6.45) is -0.522. The average molecular weight is 609 g/mol. The topological polar surface area (TPSA) is 91.5 Å². The van der Waals surface area contributed by atoms with Crippen LogP contribution in [-0.2, 0) is 29.0 Å². The SMILES string of the molecule is CC(C)(C)OC(=O)n1c(-c2nn(C(=O)OC(C)(C)C)c3cc(Br)ccc23)nc2c1CCN(Cc1ccccc1)C2. The van der Waals surface area contributed by atoms with E-state index < -0.39 is 23.4 Å². The molecule has 0 saturated carbocycles. The van der Waals surface area contributed by atoms with E-state index in [2.05, 4.69) is 38.1 Å². The highest BCUT2D eigenvalue weighted by Gasteiger charge is 2.33. The lowest BCUT2D eigenvalue weighted by Crippen LogP contribution is -2.33. The van der Waals surface area contributed by atoms with Crippen LogP contribution in [-0.4, -0.2) is 54.2 Å². The zero-order chi connectivity index (χ0) is 28.8. The zero-order valence-electron chi connectivity index (χ0n) is 23.7. The van der Waals surface area contributed by atoms with E-state index in [0.29, 0.717) is 35.4 Å². The highest BCUT2D eigenvalue weighted by Crippen LogP contribution is 2.34. The van der Waals surface area contributed by atoms with Crippen LogP contribution < -0.4 is 0 Å². The summed E-state index contributed by atoms with van der Waals surface area (Å²) in [5.74, 6) is 0.343. The van der Waals surface area contributed by atoms with Gasteiger partial charge >= 0.3 is 12.2 Å². The molecule has 0 radical (unpaired) electrons. The number of nitrogens with zero attached hydrogens (tertiary/aromatic N) is 5. The van der Waals surface area contributed by atoms with Gasteiger partial charge in [0.15, 0.2) is 5.82 Å². The van der Waals surface area contributed by atoms with Gasteiger partial charge in [0.05, 0.1) is 16.9 Å². The minimum atomic E-state index is -0.710. The Bertz CT molecular complexity index is 1580. The Balaban J connectivity index is 1.63. The molecule has 0 atom stereocenters. The molecule has 0 N–H and O–H groups in total. The molecule has 2 aromatic heterocycles. The van der Waals surface area contributed by atoms with Gasteiger partial charge in [-0.3, -0.25) is 4.90 Å². The van der Waals surface area contributed by atoms with Crippen LogP contribution in [0.1, 0.15) is 58.5 Å². The molecule has 9 nitrogen and oxygen atoms in total. The quantitative estimate of drug-likeness (QED) is 0.253. The van der Waals surface area contributed by atoms with Crippen molar-refractivity contribution < 1.29 is 19.1 Å². The number of halogens is 1. The van der Waals surface area contributed by atoms with E-state index in [4.69, 9.17) is 14.5 Å². The Morgan fingerprint density at radius 3 is 2.30 bits per heavy atom. The van der Waals surface area contributed by atoms with E-state index >= 15 is 0 Å². The van der Waals surface area contributed by atoms with Crippen LogP contribution in [0.5, 0.6) is 0 Å². The van der Waals surface area contributed by atoms with Crippen molar-refractivity contribution in [3.63, 3.8) is 0 Å². The fourth-order valence-electron chi connectivity index (χ4n) is 4.77. The Morgan fingerprint density at radius 1 is 0.950 bits per heavy atom. The number of imidazole rings is 1. The molecule has 0 amide bonds. The first-order chi connectivity index (χ1) is 18.8. The fraction of sp³-hybridized carbons (Fsp3) is 0.400. The molecular formula is C30H34BrN5O4. The largest absolute Gasteiger partial charge is 0.443 e. The molecule has 0 spiro atoms. The molecule has 2 aromatic carbocycles. The highest BCUT2D eigenvalue weighted by molar-refractivity contribution is 9.10. The van der Waals surface area contributed by atoms with Gasteiger partial charge < -0.3 is 9.47 Å². The van der Waals surface area contributed by atoms with Crippen LogP contribution in [0.25, 0.3) is 22.4 Å². The van der Waals surface area contributed by atoms with Crippen molar-refractivity contribution in [2.45, 2.75) is 72.3 Å². The molecule has 1 aliphatic heterocycles. The summed E-state index contributed by atoms with van der Waals surface area (Å²) in [6, 6.07) is 15.8. The van der Waals surface area contributed by atoms with Crippen LogP contribution in [0, 0.1) is 0 Å². The minimum absolute atomic E-state index is 0.343. The van der Waals surface area contributed by atoms with Gasteiger partial charge in [0.2, 0.25) is 0 Å². The third-order valence-corrected chi connectivity index (χ3v) is 6.83. The van der Waals surface area contributed by atoms with E-state index in [9.17, 15) is 9.59 Å². The fourth-order valence-corrected chi connectivity index (χ4v) is 5.12. The second-order valence-electron chi connectivity index (χ2n) is 12.0. The van der Waals surface area contributed by atoms with Crippen molar-refractivity contribution in [3.8, 4) is 11.5 Å². The van der Waals surface area contributed by atoms with Gasteiger partial charge in [0.25, 0.3) is 0 Å². The number of carbonyl (C=O) groups excluding carboxylic acids is 2. The second-order valence-corrected chi connectivity index (χ2v) is 12.9. The normalized spacial score (nSPS) is 14.3.